The van der Waals surface area contributed by atoms with E-state index in [0.29, 0.717) is 12.8 Å². The summed E-state index contributed by atoms with van der Waals surface area (Å²) in [6, 6.07) is 0. The predicted octanol–water partition coefficient (Wildman–Crippen LogP) is 22.1. The van der Waals surface area contributed by atoms with Crippen LogP contribution in [0.15, 0.2) is 72.9 Å². The number of carbonyl (C=O) groups excluding carboxylic acids is 3. The molecule has 0 aliphatic rings. The van der Waals surface area contributed by atoms with Crippen molar-refractivity contribution in [2.75, 3.05) is 13.2 Å². The third kappa shape index (κ3) is 61.6. The van der Waals surface area contributed by atoms with E-state index in [1.165, 1.54) is 218 Å². The number of ether oxygens (including phenoxy) is 3. The Hall–Kier alpha value is -3.15. The summed E-state index contributed by atoms with van der Waals surface area (Å²) in [5, 5.41) is 0. The summed E-state index contributed by atoms with van der Waals surface area (Å²) in [5.41, 5.74) is 0. The highest BCUT2D eigenvalue weighted by Gasteiger charge is 2.19. The number of hydrogen-bond donors (Lipinski definition) is 0. The molecule has 75 heavy (non-hydrogen) atoms. The zero-order valence-corrected chi connectivity index (χ0v) is 49.8. The van der Waals surface area contributed by atoms with Crippen LogP contribution in [0.3, 0.4) is 0 Å². The number of carbonyl (C=O) groups is 3. The fourth-order valence-corrected chi connectivity index (χ4v) is 9.40. The van der Waals surface area contributed by atoms with Gasteiger partial charge in [0, 0.05) is 12.8 Å². The van der Waals surface area contributed by atoms with E-state index in [2.05, 4.69) is 81.5 Å². The lowest BCUT2D eigenvalue weighted by Crippen LogP contribution is -2.30. The van der Waals surface area contributed by atoms with Crippen LogP contribution in [0.1, 0.15) is 329 Å². The first kappa shape index (κ1) is 71.8. The summed E-state index contributed by atoms with van der Waals surface area (Å²) in [6.07, 6.45) is 82.3. The SMILES string of the molecule is CC/C=C\C/C=C\C/C=C\C/C=C\C/C=C\CC(=O)OCC(COC(=O)CCCCCCCCCCCCCCCCCCCCCCCCC)OC(=O)CCCCCCCCCCC/C=C\CCCCCCCC. The van der Waals surface area contributed by atoms with Crippen LogP contribution in [-0.2, 0) is 28.6 Å². The van der Waals surface area contributed by atoms with Gasteiger partial charge in [0.15, 0.2) is 6.10 Å². The maximum absolute atomic E-state index is 12.9. The van der Waals surface area contributed by atoms with Crippen molar-refractivity contribution in [3.63, 3.8) is 0 Å². The van der Waals surface area contributed by atoms with E-state index < -0.39 is 12.1 Å². The van der Waals surface area contributed by atoms with E-state index in [4.69, 9.17) is 14.2 Å². The predicted molar refractivity (Wildman–Crippen MR) is 325 cm³/mol. The molecule has 0 heterocycles. The van der Waals surface area contributed by atoms with Crippen molar-refractivity contribution in [2.24, 2.45) is 0 Å². The minimum absolute atomic E-state index is 0.103. The quantitative estimate of drug-likeness (QED) is 0.0261. The Bertz CT molecular complexity index is 1390. The van der Waals surface area contributed by atoms with Crippen LogP contribution in [0.25, 0.3) is 0 Å². The van der Waals surface area contributed by atoms with Gasteiger partial charge in [-0.25, -0.2) is 0 Å². The molecule has 0 spiro atoms. The first-order valence-electron chi connectivity index (χ1n) is 32.4. The molecule has 0 aromatic carbocycles. The third-order valence-corrected chi connectivity index (χ3v) is 14.2. The van der Waals surface area contributed by atoms with Gasteiger partial charge >= 0.3 is 17.9 Å². The number of unbranched alkanes of at least 4 members (excludes halogenated alkanes) is 37. The van der Waals surface area contributed by atoms with E-state index in [0.717, 1.165) is 70.6 Å². The van der Waals surface area contributed by atoms with Crippen LogP contribution in [0.5, 0.6) is 0 Å². The van der Waals surface area contributed by atoms with Gasteiger partial charge in [0.25, 0.3) is 0 Å². The zero-order chi connectivity index (χ0) is 54.3. The van der Waals surface area contributed by atoms with Gasteiger partial charge < -0.3 is 14.2 Å². The molecule has 6 nitrogen and oxygen atoms in total. The highest BCUT2D eigenvalue weighted by Crippen LogP contribution is 2.17. The van der Waals surface area contributed by atoms with Crippen molar-refractivity contribution in [1.29, 1.82) is 0 Å². The highest BCUT2D eigenvalue weighted by molar-refractivity contribution is 5.72. The van der Waals surface area contributed by atoms with Gasteiger partial charge in [-0.05, 0) is 70.6 Å². The van der Waals surface area contributed by atoms with Crippen molar-refractivity contribution < 1.29 is 28.6 Å². The summed E-state index contributed by atoms with van der Waals surface area (Å²) in [7, 11) is 0. The standard InChI is InChI=1S/C69H122O6/c1-4-7-10-13-16-19-22-25-28-30-32-33-34-35-37-38-41-44-47-50-53-56-59-62-68(71)74-65-66(64-73-67(70)61-58-55-52-49-46-43-40-27-24-21-18-15-12-9-6-3)75-69(72)63-60-57-54-51-48-45-42-39-36-31-29-26-23-20-17-14-11-8-5-2/h9,12,18,21,26-27,29,40,46,49,55,58,66H,4-8,10-11,13-17,19-20,22-25,28,30-39,41-45,47-48,50-54,56-57,59-65H2,1-3H3/b12-9-,21-18-,29-26-,40-27-,49-46-,58-55-. The molecule has 0 aromatic rings. The summed E-state index contributed by atoms with van der Waals surface area (Å²) >= 11 is 0. The van der Waals surface area contributed by atoms with Crippen molar-refractivity contribution in [3.05, 3.63) is 72.9 Å². The molecule has 434 valence electrons. The molecule has 0 N–H and O–H groups in total. The summed E-state index contributed by atoms with van der Waals surface area (Å²) in [6.45, 7) is 6.48. The van der Waals surface area contributed by atoms with Gasteiger partial charge in [-0.3, -0.25) is 14.4 Å². The molecule has 0 saturated carbocycles. The van der Waals surface area contributed by atoms with Crippen molar-refractivity contribution in [1.82, 2.24) is 0 Å². The lowest BCUT2D eigenvalue weighted by molar-refractivity contribution is -0.166. The molecule has 0 aliphatic heterocycles. The third-order valence-electron chi connectivity index (χ3n) is 14.2. The fraction of sp³-hybridized carbons (Fsp3) is 0.783. The van der Waals surface area contributed by atoms with Crippen molar-refractivity contribution >= 4 is 17.9 Å². The van der Waals surface area contributed by atoms with E-state index >= 15 is 0 Å². The average molecular weight is 1050 g/mol. The second kappa shape index (κ2) is 63.4. The van der Waals surface area contributed by atoms with E-state index in [1.807, 2.05) is 6.08 Å². The van der Waals surface area contributed by atoms with Gasteiger partial charge in [0.1, 0.15) is 13.2 Å². The van der Waals surface area contributed by atoms with E-state index in [9.17, 15) is 14.4 Å². The van der Waals surface area contributed by atoms with Crippen molar-refractivity contribution in [2.45, 2.75) is 335 Å². The Balaban J connectivity index is 4.37. The molecular weight excluding hydrogens is 925 g/mol. The van der Waals surface area contributed by atoms with E-state index in [-0.39, 0.29) is 31.6 Å². The highest BCUT2D eigenvalue weighted by atomic mass is 16.6. The van der Waals surface area contributed by atoms with Gasteiger partial charge in [0.05, 0.1) is 6.42 Å². The molecule has 0 bridgehead atoms. The first-order valence-corrected chi connectivity index (χ1v) is 32.4. The van der Waals surface area contributed by atoms with Gasteiger partial charge in [-0.1, -0.05) is 312 Å². The van der Waals surface area contributed by atoms with Gasteiger partial charge in [-0.15, -0.1) is 0 Å². The number of hydrogen-bond acceptors (Lipinski definition) is 6. The largest absolute Gasteiger partial charge is 0.462 e. The first-order chi connectivity index (χ1) is 37.0. The molecule has 6 heteroatoms. The van der Waals surface area contributed by atoms with Crippen LogP contribution in [-0.4, -0.2) is 37.2 Å². The zero-order valence-electron chi connectivity index (χ0n) is 49.8. The molecule has 0 aliphatic carbocycles. The van der Waals surface area contributed by atoms with Crippen LogP contribution in [0, 0.1) is 0 Å². The Kier molecular flexibility index (Phi) is 60.7. The number of allylic oxidation sites excluding steroid dienone is 11. The van der Waals surface area contributed by atoms with Crippen LogP contribution in [0.2, 0.25) is 0 Å². The van der Waals surface area contributed by atoms with Crippen LogP contribution in [0.4, 0.5) is 0 Å². The lowest BCUT2D eigenvalue weighted by Gasteiger charge is -2.18. The molecule has 0 saturated heterocycles. The minimum Gasteiger partial charge on any atom is -0.462 e. The number of esters is 3. The molecular formula is C69H122O6. The Labute approximate surface area is 465 Å². The minimum atomic E-state index is -0.816. The second-order valence-electron chi connectivity index (χ2n) is 21.7. The van der Waals surface area contributed by atoms with Crippen LogP contribution < -0.4 is 0 Å². The maximum atomic E-state index is 12.9. The molecule has 1 atom stereocenters. The topological polar surface area (TPSA) is 78.9 Å². The lowest BCUT2D eigenvalue weighted by atomic mass is 10.0. The fourth-order valence-electron chi connectivity index (χ4n) is 9.40. The Morgan fingerprint density at radius 2 is 0.573 bits per heavy atom. The van der Waals surface area contributed by atoms with Gasteiger partial charge in [-0.2, -0.15) is 0 Å². The smallest absolute Gasteiger partial charge is 0.309 e. The normalized spacial score (nSPS) is 12.5. The maximum Gasteiger partial charge on any atom is 0.309 e. The van der Waals surface area contributed by atoms with Gasteiger partial charge in [0.2, 0.25) is 0 Å². The summed E-state index contributed by atoms with van der Waals surface area (Å²) in [4.78, 5) is 38.2. The van der Waals surface area contributed by atoms with E-state index in [1.54, 1.807) is 6.08 Å². The van der Waals surface area contributed by atoms with Crippen LogP contribution >= 0.6 is 0 Å². The Morgan fingerprint density at radius 3 is 0.920 bits per heavy atom. The monoisotopic (exact) mass is 1050 g/mol. The molecule has 0 radical (unpaired) electrons. The molecule has 0 amide bonds. The summed E-state index contributed by atoms with van der Waals surface area (Å²) < 4.78 is 16.8. The molecule has 0 rings (SSSR count). The molecule has 1 unspecified atom stereocenters. The van der Waals surface area contributed by atoms with Crippen molar-refractivity contribution in [3.8, 4) is 0 Å². The average Bonchev–Trinajstić information content (AvgIpc) is 3.41. The Morgan fingerprint density at radius 1 is 0.293 bits per heavy atom. The molecule has 0 fully saturated rings. The number of rotatable bonds is 59. The summed E-state index contributed by atoms with van der Waals surface area (Å²) in [5.74, 6) is -1.02. The molecule has 0 aromatic heterocycles. The second-order valence-corrected chi connectivity index (χ2v) is 21.7.